The molecule has 6 nitrogen and oxygen atoms in total. The Balaban J connectivity index is 4.22. The molecule has 0 rings (SSSR count). The number of allylic oxidation sites excluding steroid dienone is 20. The lowest BCUT2D eigenvalue weighted by Crippen LogP contribution is -2.30. The normalized spacial score (nSPS) is 12.9. The number of rotatable bonds is 61. The summed E-state index contributed by atoms with van der Waals surface area (Å²) in [4.78, 5) is 38.3. The molecule has 6 heteroatoms. The molecule has 0 spiro atoms. The molecule has 0 aliphatic heterocycles. The van der Waals surface area contributed by atoms with Crippen LogP contribution in [-0.2, 0) is 28.6 Å². The van der Waals surface area contributed by atoms with Crippen LogP contribution in [0.3, 0.4) is 0 Å². The third-order valence-electron chi connectivity index (χ3n) is 14.4. The average molecular weight is 1120 g/mol. The summed E-state index contributed by atoms with van der Waals surface area (Å²) in [7, 11) is 0. The molecule has 0 aromatic heterocycles. The molecule has 0 aromatic carbocycles. The minimum absolute atomic E-state index is 0.0847. The largest absolute Gasteiger partial charge is 0.462 e. The Kier molecular flexibility index (Phi) is 64.8. The van der Waals surface area contributed by atoms with Gasteiger partial charge in [0.2, 0.25) is 0 Å². The molecule has 0 aliphatic carbocycles. The van der Waals surface area contributed by atoms with E-state index in [2.05, 4.69) is 142 Å². The Bertz CT molecular complexity index is 1670. The van der Waals surface area contributed by atoms with Gasteiger partial charge in [-0.25, -0.2) is 0 Å². The zero-order valence-electron chi connectivity index (χ0n) is 53.0. The van der Waals surface area contributed by atoms with Crippen LogP contribution in [0.4, 0.5) is 0 Å². The Morgan fingerprint density at radius 2 is 0.481 bits per heavy atom. The summed E-state index contributed by atoms with van der Waals surface area (Å²) in [5, 5.41) is 0. The number of hydrogen-bond donors (Lipinski definition) is 0. The Morgan fingerprint density at radius 1 is 0.259 bits per heavy atom. The molecule has 462 valence electrons. The quantitative estimate of drug-likeness (QED) is 0.0261. The average Bonchev–Trinajstić information content (AvgIpc) is 3.46. The van der Waals surface area contributed by atoms with Gasteiger partial charge >= 0.3 is 17.9 Å². The fourth-order valence-corrected chi connectivity index (χ4v) is 9.40. The standard InChI is InChI=1S/C75H126O6/c1-4-7-10-13-16-19-22-25-27-29-30-31-32-33-34-35-36-37-38-39-40-41-42-43-44-46-47-50-53-56-59-62-65-68-74(77)80-71-72(70-79-73(76)67-64-61-58-55-52-49-24-21-18-15-12-9-6-3)81-75(78)69-66-63-60-57-54-51-48-45-28-26-23-20-17-14-11-8-5-2/h7-8,10-11,16-17,19-21,24-28,30-31,33-34,36-37,72H,4-6,9,12-15,18,22-23,29,32,35,38-71H2,1-3H3/b10-7-,11-8-,19-16-,20-17-,24-21-,27-25-,28-26-,31-30-,34-33-,37-36-. The van der Waals surface area contributed by atoms with E-state index in [9.17, 15) is 14.4 Å². The van der Waals surface area contributed by atoms with Crippen molar-refractivity contribution in [3.05, 3.63) is 122 Å². The zero-order chi connectivity index (χ0) is 58.5. The summed E-state index contributed by atoms with van der Waals surface area (Å²) in [6.07, 6.45) is 95.1. The van der Waals surface area contributed by atoms with Crippen LogP contribution in [-0.4, -0.2) is 37.2 Å². The van der Waals surface area contributed by atoms with Gasteiger partial charge in [-0.05, 0) is 128 Å². The lowest BCUT2D eigenvalue weighted by molar-refractivity contribution is -0.167. The number of hydrogen-bond acceptors (Lipinski definition) is 6. The molecule has 0 saturated carbocycles. The molecule has 0 fully saturated rings. The molecule has 1 unspecified atom stereocenters. The second-order valence-electron chi connectivity index (χ2n) is 22.3. The first-order valence-electron chi connectivity index (χ1n) is 34.0. The van der Waals surface area contributed by atoms with Crippen molar-refractivity contribution in [3.8, 4) is 0 Å². The van der Waals surface area contributed by atoms with Gasteiger partial charge in [0.25, 0.3) is 0 Å². The van der Waals surface area contributed by atoms with E-state index in [1.807, 2.05) is 0 Å². The molecule has 0 N–H and O–H groups in total. The van der Waals surface area contributed by atoms with E-state index in [1.165, 1.54) is 148 Å². The highest BCUT2D eigenvalue weighted by atomic mass is 16.6. The van der Waals surface area contributed by atoms with Crippen LogP contribution < -0.4 is 0 Å². The van der Waals surface area contributed by atoms with Crippen molar-refractivity contribution < 1.29 is 28.6 Å². The van der Waals surface area contributed by atoms with Gasteiger partial charge in [0.05, 0.1) is 0 Å². The van der Waals surface area contributed by atoms with Gasteiger partial charge in [-0.2, -0.15) is 0 Å². The van der Waals surface area contributed by atoms with Gasteiger partial charge in [0.1, 0.15) is 13.2 Å². The highest BCUT2D eigenvalue weighted by Gasteiger charge is 2.19. The molecule has 1 atom stereocenters. The van der Waals surface area contributed by atoms with Crippen molar-refractivity contribution in [1.82, 2.24) is 0 Å². The summed E-state index contributed by atoms with van der Waals surface area (Å²) in [5.74, 6) is -0.896. The highest BCUT2D eigenvalue weighted by Crippen LogP contribution is 2.16. The van der Waals surface area contributed by atoms with E-state index in [1.54, 1.807) is 0 Å². The maximum atomic E-state index is 12.9. The van der Waals surface area contributed by atoms with Crippen molar-refractivity contribution in [2.45, 2.75) is 322 Å². The van der Waals surface area contributed by atoms with Gasteiger partial charge in [0, 0.05) is 19.3 Å². The molecule has 0 radical (unpaired) electrons. The van der Waals surface area contributed by atoms with Gasteiger partial charge in [-0.15, -0.1) is 0 Å². The Morgan fingerprint density at radius 3 is 0.765 bits per heavy atom. The van der Waals surface area contributed by atoms with Gasteiger partial charge in [-0.1, -0.05) is 290 Å². The monoisotopic (exact) mass is 1120 g/mol. The number of carbonyl (C=O) groups excluding carboxylic acids is 3. The Hall–Kier alpha value is -4.19. The maximum absolute atomic E-state index is 12.9. The van der Waals surface area contributed by atoms with E-state index in [0.717, 1.165) is 128 Å². The van der Waals surface area contributed by atoms with Gasteiger partial charge in [-0.3, -0.25) is 14.4 Å². The van der Waals surface area contributed by atoms with Crippen LogP contribution in [0.1, 0.15) is 316 Å². The second-order valence-corrected chi connectivity index (χ2v) is 22.3. The third kappa shape index (κ3) is 66.5. The first kappa shape index (κ1) is 76.8. The zero-order valence-corrected chi connectivity index (χ0v) is 53.0. The molecule has 0 aromatic rings. The predicted molar refractivity (Wildman–Crippen MR) is 353 cm³/mol. The first-order valence-corrected chi connectivity index (χ1v) is 34.0. The lowest BCUT2D eigenvalue weighted by atomic mass is 10.0. The second kappa shape index (κ2) is 68.3. The summed E-state index contributed by atoms with van der Waals surface area (Å²) in [5.41, 5.74) is 0. The SMILES string of the molecule is CC/C=C\C/C=C\C/C=C\C/C=C\C/C=C\C/C=C\CCCCCCCCCCCCCCCCC(=O)OCC(COC(=O)CCCCCCC/C=C\CCCCCC)OC(=O)CCCCCCCCC/C=C\C/C=C\C/C=C\CC. The van der Waals surface area contributed by atoms with Crippen LogP contribution in [0.15, 0.2) is 122 Å². The molecular formula is C75H126O6. The number of esters is 3. The van der Waals surface area contributed by atoms with Gasteiger partial charge < -0.3 is 14.2 Å². The topological polar surface area (TPSA) is 78.9 Å². The van der Waals surface area contributed by atoms with Crippen molar-refractivity contribution in [3.63, 3.8) is 0 Å². The number of unbranched alkanes of at least 4 members (excludes halogenated alkanes) is 30. The smallest absolute Gasteiger partial charge is 0.306 e. The van der Waals surface area contributed by atoms with Crippen molar-refractivity contribution in [2.24, 2.45) is 0 Å². The van der Waals surface area contributed by atoms with E-state index in [4.69, 9.17) is 14.2 Å². The van der Waals surface area contributed by atoms with E-state index in [0.29, 0.717) is 19.3 Å². The highest BCUT2D eigenvalue weighted by molar-refractivity contribution is 5.71. The molecule has 0 saturated heterocycles. The van der Waals surface area contributed by atoms with Crippen molar-refractivity contribution in [1.29, 1.82) is 0 Å². The minimum atomic E-state index is -0.789. The molecular weight excluding hydrogens is 997 g/mol. The number of ether oxygens (including phenoxy) is 3. The van der Waals surface area contributed by atoms with E-state index in [-0.39, 0.29) is 31.1 Å². The fourth-order valence-electron chi connectivity index (χ4n) is 9.40. The molecule has 0 aliphatic rings. The third-order valence-corrected chi connectivity index (χ3v) is 14.4. The summed E-state index contributed by atoms with van der Waals surface area (Å²) in [6.45, 7) is 6.41. The lowest BCUT2D eigenvalue weighted by Gasteiger charge is -2.18. The minimum Gasteiger partial charge on any atom is -0.462 e. The van der Waals surface area contributed by atoms with E-state index < -0.39 is 6.10 Å². The maximum Gasteiger partial charge on any atom is 0.306 e. The molecule has 0 heterocycles. The summed E-state index contributed by atoms with van der Waals surface area (Å²) < 4.78 is 16.9. The summed E-state index contributed by atoms with van der Waals surface area (Å²) in [6, 6.07) is 0. The van der Waals surface area contributed by atoms with Crippen LogP contribution in [0.5, 0.6) is 0 Å². The summed E-state index contributed by atoms with van der Waals surface area (Å²) >= 11 is 0. The van der Waals surface area contributed by atoms with Crippen LogP contribution >= 0.6 is 0 Å². The van der Waals surface area contributed by atoms with Crippen molar-refractivity contribution >= 4 is 17.9 Å². The predicted octanol–water partition coefficient (Wildman–Crippen LogP) is 23.6. The molecule has 0 amide bonds. The van der Waals surface area contributed by atoms with Crippen molar-refractivity contribution in [2.75, 3.05) is 13.2 Å². The van der Waals surface area contributed by atoms with E-state index >= 15 is 0 Å². The van der Waals surface area contributed by atoms with Crippen LogP contribution in [0, 0.1) is 0 Å². The molecule has 0 bridgehead atoms. The first-order chi connectivity index (χ1) is 40.0. The van der Waals surface area contributed by atoms with Crippen LogP contribution in [0.2, 0.25) is 0 Å². The fraction of sp³-hybridized carbons (Fsp3) is 0.693. The van der Waals surface area contributed by atoms with Crippen LogP contribution in [0.25, 0.3) is 0 Å². The van der Waals surface area contributed by atoms with Gasteiger partial charge in [0.15, 0.2) is 6.10 Å². The Labute approximate surface area is 501 Å². The number of carbonyl (C=O) groups is 3. The molecule has 81 heavy (non-hydrogen) atoms.